The van der Waals surface area contributed by atoms with Crippen LogP contribution in [0.3, 0.4) is 0 Å². The summed E-state index contributed by atoms with van der Waals surface area (Å²) in [5, 5.41) is 6.54. The summed E-state index contributed by atoms with van der Waals surface area (Å²) in [7, 11) is 0. The normalized spacial score (nSPS) is 21.2. The highest BCUT2D eigenvalue weighted by atomic mass is 79.9. The van der Waals surface area contributed by atoms with Gasteiger partial charge in [0, 0.05) is 74.5 Å². The lowest BCUT2D eigenvalue weighted by atomic mass is 10.0. The molecule has 248 valence electrons. The van der Waals surface area contributed by atoms with E-state index in [0.29, 0.717) is 58.0 Å². The molecule has 4 aliphatic rings. The van der Waals surface area contributed by atoms with E-state index in [2.05, 4.69) is 37.5 Å². The van der Waals surface area contributed by atoms with Crippen LogP contribution in [0, 0.1) is 6.92 Å². The van der Waals surface area contributed by atoms with Crippen LogP contribution < -0.4 is 10.6 Å². The van der Waals surface area contributed by atoms with Crippen molar-refractivity contribution in [3.8, 4) is 0 Å². The van der Waals surface area contributed by atoms with Gasteiger partial charge in [0.05, 0.1) is 0 Å². The maximum absolute atomic E-state index is 14.0. The minimum absolute atomic E-state index is 0.0435. The SMILES string of the molecule is Cc1ccc(C[C@@H](OC(=O)N2CCC(N3CCc4ccccc4NC3=O)CC2)C(=O)N2CCC(N3CCCNCC3)CC2)cc1Br. The molecular formula is C35H47BrN6O4. The lowest BCUT2D eigenvalue weighted by Gasteiger charge is -2.40. The zero-order chi connectivity index (χ0) is 32.0. The van der Waals surface area contributed by atoms with Gasteiger partial charge in [-0.15, -0.1) is 0 Å². The molecule has 2 aromatic carbocycles. The second-order valence-electron chi connectivity index (χ2n) is 13.1. The lowest BCUT2D eigenvalue weighted by molar-refractivity contribution is -0.142. The number of hydrogen-bond acceptors (Lipinski definition) is 6. The average Bonchev–Trinajstić information content (AvgIpc) is 3.45. The van der Waals surface area contributed by atoms with Crippen molar-refractivity contribution in [3.05, 3.63) is 63.6 Å². The third kappa shape index (κ3) is 7.86. The molecule has 0 radical (unpaired) electrons. The van der Waals surface area contributed by atoms with Crippen LogP contribution in [0.15, 0.2) is 46.9 Å². The number of piperidine rings is 2. The van der Waals surface area contributed by atoms with E-state index in [-0.39, 0.29) is 18.0 Å². The average molecular weight is 696 g/mol. The summed E-state index contributed by atoms with van der Waals surface area (Å²) in [4.78, 5) is 48.7. The number of rotatable bonds is 6. The van der Waals surface area contributed by atoms with Crippen LogP contribution in [0.25, 0.3) is 0 Å². The minimum Gasteiger partial charge on any atom is -0.436 e. The molecule has 0 saturated carbocycles. The van der Waals surface area contributed by atoms with Crippen LogP contribution in [0.5, 0.6) is 0 Å². The Morgan fingerprint density at radius 3 is 2.43 bits per heavy atom. The molecule has 4 aliphatic heterocycles. The van der Waals surface area contributed by atoms with Crippen molar-refractivity contribution < 1.29 is 19.1 Å². The number of amides is 4. The Morgan fingerprint density at radius 1 is 0.913 bits per heavy atom. The molecule has 4 amide bonds. The highest BCUT2D eigenvalue weighted by Crippen LogP contribution is 2.26. The van der Waals surface area contributed by atoms with Crippen molar-refractivity contribution in [2.75, 3.05) is 64.2 Å². The third-order valence-electron chi connectivity index (χ3n) is 10.1. The standard InChI is InChI=1S/C35H47BrN6O4/c1-25-7-8-26(23-30(25)36)24-32(33(43)40-17-10-28(11-18-40)39-16-4-14-37-15-22-39)46-35(45)41-19-12-29(13-20-41)42-21-9-27-5-2-3-6-31(27)38-34(42)44/h2-3,5-8,23,28-29,32,37H,4,9-22,24H2,1H3,(H,38,44)/t32-/m1/s1. The Kier molecular flexibility index (Phi) is 10.8. The highest BCUT2D eigenvalue weighted by molar-refractivity contribution is 9.10. The van der Waals surface area contributed by atoms with Gasteiger partial charge < -0.3 is 30.1 Å². The van der Waals surface area contributed by atoms with Gasteiger partial charge in [-0.2, -0.15) is 0 Å². The lowest BCUT2D eigenvalue weighted by Crippen LogP contribution is -2.52. The number of benzene rings is 2. The number of likely N-dealkylation sites (tertiary alicyclic amines) is 2. The van der Waals surface area contributed by atoms with Crippen molar-refractivity contribution in [1.82, 2.24) is 24.9 Å². The first-order valence-corrected chi connectivity index (χ1v) is 17.7. The van der Waals surface area contributed by atoms with Crippen molar-refractivity contribution in [3.63, 3.8) is 0 Å². The Balaban J connectivity index is 1.07. The second-order valence-corrected chi connectivity index (χ2v) is 14.0. The van der Waals surface area contributed by atoms with E-state index in [1.54, 1.807) is 4.90 Å². The number of fused-ring (bicyclic) bond motifs is 1. The molecule has 11 heteroatoms. The predicted octanol–water partition coefficient (Wildman–Crippen LogP) is 4.65. The second kappa shape index (κ2) is 15.2. The molecule has 0 bridgehead atoms. The number of nitrogens with one attached hydrogen (secondary N) is 2. The number of ether oxygens (including phenoxy) is 1. The minimum atomic E-state index is -0.895. The van der Waals surface area contributed by atoms with E-state index in [1.165, 1.54) is 0 Å². The number of anilines is 1. The Labute approximate surface area is 280 Å². The monoisotopic (exact) mass is 694 g/mol. The van der Waals surface area contributed by atoms with Gasteiger partial charge in [0.1, 0.15) is 0 Å². The number of hydrogen-bond donors (Lipinski definition) is 2. The summed E-state index contributed by atoms with van der Waals surface area (Å²) in [5.74, 6) is -0.114. The fraction of sp³-hybridized carbons (Fsp3) is 0.571. The first-order valence-electron chi connectivity index (χ1n) is 17.0. The molecule has 2 aromatic rings. The molecule has 1 atom stereocenters. The van der Waals surface area contributed by atoms with Gasteiger partial charge in [-0.3, -0.25) is 9.69 Å². The van der Waals surface area contributed by atoms with Gasteiger partial charge in [-0.1, -0.05) is 46.3 Å². The zero-order valence-electron chi connectivity index (χ0n) is 26.9. The Bertz CT molecular complexity index is 1380. The van der Waals surface area contributed by atoms with Crippen LogP contribution in [-0.2, 0) is 22.4 Å². The largest absolute Gasteiger partial charge is 0.436 e. The van der Waals surface area contributed by atoms with Crippen molar-refractivity contribution in [1.29, 1.82) is 0 Å². The molecule has 4 heterocycles. The molecule has 10 nitrogen and oxygen atoms in total. The Hall–Kier alpha value is -3.15. The highest BCUT2D eigenvalue weighted by Gasteiger charge is 2.36. The molecule has 2 N–H and O–H groups in total. The van der Waals surface area contributed by atoms with Crippen LogP contribution in [0.2, 0.25) is 0 Å². The molecule has 3 saturated heterocycles. The topological polar surface area (TPSA) is 97.5 Å². The first kappa shape index (κ1) is 32.8. The fourth-order valence-electron chi connectivity index (χ4n) is 7.34. The predicted molar refractivity (Wildman–Crippen MR) is 182 cm³/mol. The number of para-hydroxylation sites is 1. The van der Waals surface area contributed by atoms with Crippen LogP contribution >= 0.6 is 15.9 Å². The maximum atomic E-state index is 14.0. The maximum Gasteiger partial charge on any atom is 0.410 e. The number of carbonyl (C=O) groups excluding carboxylic acids is 3. The zero-order valence-corrected chi connectivity index (χ0v) is 28.5. The molecule has 0 unspecified atom stereocenters. The van der Waals surface area contributed by atoms with E-state index in [4.69, 9.17) is 4.74 Å². The van der Waals surface area contributed by atoms with E-state index >= 15 is 0 Å². The molecular weight excluding hydrogens is 648 g/mol. The number of nitrogens with zero attached hydrogens (tertiary/aromatic N) is 4. The van der Waals surface area contributed by atoms with Gasteiger partial charge in [0.2, 0.25) is 0 Å². The van der Waals surface area contributed by atoms with Gasteiger partial charge in [0.25, 0.3) is 5.91 Å². The van der Waals surface area contributed by atoms with E-state index in [9.17, 15) is 14.4 Å². The summed E-state index contributed by atoms with van der Waals surface area (Å²) < 4.78 is 7.04. The van der Waals surface area contributed by atoms with E-state index < -0.39 is 12.2 Å². The van der Waals surface area contributed by atoms with Crippen LogP contribution in [0.4, 0.5) is 15.3 Å². The van der Waals surface area contributed by atoms with E-state index in [0.717, 1.165) is 78.7 Å². The molecule has 46 heavy (non-hydrogen) atoms. The van der Waals surface area contributed by atoms with Crippen molar-refractivity contribution >= 4 is 39.6 Å². The number of halogens is 1. The molecule has 0 aromatic heterocycles. The summed E-state index contributed by atoms with van der Waals surface area (Å²) in [6.07, 6.45) is 4.13. The first-order chi connectivity index (χ1) is 22.4. The molecule has 0 spiro atoms. The van der Waals surface area contributed by atoms with Crippen molar-refractivity contribution in [2.45, 2.75) is 70.1 Å². The fourth-order valence-corrected chi connectivity index (χ4v) is 7.76. The van der Waals surface area contributed by atoms with Gasteiger partial charge in [-0.25, -0.2) is 9.59 Å². The molecule has 3 fully saturated rings. The summed E-state index contributed by atoms with van der Waals surface area (Å²) in [6, 6.07) is 14.4. The van der Waals surface area contributed by atoms with Gasteiger partial charge in [-0.05, 0) is 87.4 Å². The van der Waals surface area contributed by atoms with E-state index in [1.807, 2.05) is 53.1 Å². The number of urea groups is 1. The van der Waals surface area contributed by atoms with Crippen molar-refractivity contribution in [2.24, 2.45) is 0 Å². The van der Waals surface area contributed by atoms with Crippen LogP contribution in [0.1, 0.15) is 48.8 Å². The Morgan fingerprint density at radius 2 is 1.65 bits per heavy atom. The van der Waals surface area contributed by atoms with Gasteiger partial charge >= 0.3 is 12.1 Å². The van der Waals surface area contributed by atoms with Gasteiger partial charge in [0.15, 0.2) is 6.10 Å². The summed E-state index contributed by atoms with van der Waals surface area (Å²) >= 11 is 3.62. The molecule has 6 rings (SSSR count). The number of carbonyl (C=O) groups is 3. The summed E-state index contributed by atoms with van der Waals surface area (Å²) in [5.41, 5.74) is 4.07. The van der Waals surface area contributed by atoms with Crippen LogP contribution in [-0.4, -0.2) is 115 Å². The summed E-state index contributed by atoms with van der Waals surface area (Å²) in [6.45, 7) is 9.20. The number of aryl methyl sites for hydroxylation is 1. The smallest absolute Gasteiger partial charge is 0.410 e. The molecule has 0 aliphatic carbocycles. The third-order valence-corrected chi connectivity index (χ3v) is 11.0. The quantitative estimate of drug-likeness (QED) is 0.457.